The molecular formula is C9H13N3O. The minimum absolute atomic E-state index is 0.239. The standard InChI is InChI=1S/C9H13N3O/c1-4-5-12(7-8(2)3)9(13)6-11-10/h1,6,8H,5,7H2,2-3H3. The summed E-state index contributed by atoms with van der Waals surface area (Å²) in [4.78, 5) is 15.3. The molecule has 0 aliphatic rings. The first kappa shape index (κ1) is 11.4. The van der Waals surface area contributed by atoms with Crippen LogP contribution in [0.1, 0.15) is 13.8 Å². The van der Waals surface area contributed by atoms with Crippen molar-refractivity contribution in [3.63, 3.8) is 0 Å². The zero-order valence-electron chi connectivity index (χ0n) is 7.90. The lowest BCUT2D eigenvalue weighted by atomic mass is 10.2. The van der Waals surface area contributed by atoms with Crippen molar-refractivity contribution in [3.8, 4) is 12.3 Å². The Morgan fingerprint density at radius 2 is 2.38 bits per heavy atom. The van der Waals surface area contributed by atoms with Gasteiger partial charge in [-0.2, -0.15) is 4.79 Å². The summed E-state index contributed by atoms with van der Waals surface area (Å²) < 4.78 is 0. The molecule has 0 aliphatic heterocycles. The van der Waals surface area contributed by atoms with Gasteiger partial charge in [0, 0.05) is 6.54 Å². The van der Waals surface area contributed by atoms with Crippen LogP contribution in [-0.2, 0) is 4.79 Å². The van der Waals surface area contributed by atoms with E-state index >= 15 is 0 Å². The number of terminal acetylenes is 1. The van der Waals surface area contributed by atoms with Gasteiger partial charge in [-0.3, -0.25) is 4.79 Å². The summed E-state index contributed by atoms with van der Waals surface area (Å²) in [6.07, 6.45) is 5.94. The van der Waals surface area contributed by atoms with Crippen LogP contribution in [-0.4, -0.2) is 34.9 Å². The second-order valence-electron chi connectivity index (χ2n) is 3.06. The Kier molecular flexibility index (Phi) is 5.25. The average molecular weight is 179 g/mol. The number of hydrogen-bond acceptors (Lipinski definition) is 1. The van der Waals surface area contributed by atoms with Gasteiger partial charge in [0.1, 0.15) is 0 Å². The van der Waals surface area contributed by atoms with Crippen molar-refractivity contribution in [2.24, 2.45) is 5.92 Å². The van der Waals surface area contributed by atoms with Crippen LogP contribution >= 0.6 is 0 Å². The first-order chi connectivity index (χ1) is 6.11. The summed E-state index contributed by atoms with van der Waals surface area (Å²) in [5, 5.41) is 0. The summed E-state index contributed by atoms with van der Waals surface area (Å²) >= 11 is 0. The maximum atomic E-state index is 11.2. The first-order valence-corrected chi connectivity index (χ1v) is 4.01. The van der Waals surface area contributed by atoms with E-state index in [1.54, 1.807) is 0 Å². The van der Waals surface area contributed by atoms with Gasteiger partial charge in [-0.15, -0.1) is 6.42 Å². The largest absolute Gasteiger partial charge is 0.361 e. The lowest BCUT2D eigenvalue weighted by Gasteiger charge is -2.18. The van der Waals surface area contributed by atoms with Crippen LogP contribution in [0.15, 0.2) is 0 Å². The average Bonchev–Trinajstić information content (AvgIpc) is 2.03. The number of rotatable bonds is 4. The van der Waals surface area contributed by atoms with Crippen molar-refractivity contribution in [1.82, 2.24) is 4.90 Å². The minimum atomic E-state index is -0.367. The van der Waals surface area contributed by atoms with Crippen LogP contribution in [0, 0.1) is 18.3 Å². The van der Waals surface area contributed by atoms with Gasteiger partial charge in [-0.1, -0.05) is 19.8 Å². The molecule has 0 aromatic carbocycles. The van der Waals surface area contributed by atoms with Crippen molar-refractivity contribution in [3.05, 3.63) is 5.53 Å². The van der Waals surface area contributed by atoms with Crippen LogP contribution < -0.4 is 0 Å². The molecule has 0 spiro atoms. The van der Waals surface area contributed by atoms with Gasteiger partial charge in [0.25, 0.3) is 0 Å². The zero-order chi connectivity index (χ0) is 10.3. The van der Waals surface area contributed by atoms with E-state index in [1.165, 1.54) is 4.90 Å². The maximum Gasteiger partial charge on any atom is 0.344 e. The second-order valence-corrected chi connectivity index (χ2v) is 3.06. The van der Waals surface area contributed by atoms with Crippen LogP contribution in [0.5, 0.6) is 0 Å². The molecule has 0 radical (unpaired) electrons. The Morgan fingerprint density at radius 1 is 1.77 bits per heavy atom. The van der Waals surface area contributed by atoms with Crippen LogP contribution in [0.3, 0.4) is 0 Å². The fraction of sp³-hybridized carbons (Fsp3) is 0.556. The number of amides is 1. The lowest BCUT2D eigenvalue weighted by molar-refractivity contribution is -0.127. The third kappa shape index (κ3) is 4.78. The molecule has 0 atom stereocenters. The monoisotopic (exact) mass is 179 g/mol. The molecule has 1 amide bonds. The smallest absolute Gasteiger partial charge is 0.344 e. The number of carbonyl (C=O) groups is 1. The highest BCUT2D eigenvalue weighted by atomic mass is 16.2. The second kappa shape index (κ2) is 5.99. The number of carbonyl (C=O) groups excluding carboxylic acids is 1. The van der Waals surface area contributed by atoms with Gasteiger partial charge in [0.2, 0.25) is 0 Å². The highest BCUT2D eigenvalue weighted by Gasteiger charge is 2.14. The highest BCUT2D eigenvalue weighted by Crippen LogP contribution is 1.97. The summed E-state index contributed by atoms with van der Waals surface area (Å²) in [7, 11) is 0. The molecule has 0 aromatic heterocycles. The molecule has 13 heavy (non-hydrogen) atoms. The molecule has 70 valence electrons. The van der Waals surface area contributed by atoms with Crippen LogP contribution in [0.4, 0.5) is 0 Å². The normalized spacial score (nSPS) is 8.77. The summed E-state index contributed by atoms with van der Waals surface area (Å²) in [6, 6.07) is 0. The Bertz CT molecular complexity index is 259. The maximum absolute atomic E-state index is 11.2. The summed E-state index contributed by atoms with van der Waals surface area (Å²) in [5.74, 6) is 2.35. The summed E-state index contributed by atoms with van der Waals surface area (Å²) in [6.45, 7) is 4.76. The molecule has 0 heterocycles. The van der Waals surface area contributed by atoms with E-state index in [4.69, 9.17) is 12.0 Å². The van der Waals surface area contributed by atoms with E-state index in [1.807, 2.05) is 13.8 Å². The van der Waals surface area contributed by atoms with Crippen molar-refractivity contribution < 1.29 is 9.58 Å². The fourth-order valence-corrected chi connectivity index (χ4v) is 0.914. The molecule has 0 saturated heterocycles. The van der Waals surface area contributed by atoms with Gasteiger partial charge in [0.05, 0.1) is 6.54 Å². The van der Waals surface area contributed by atoms with Gasteiger partial charge >= 0.3 is 12.1 Å². The van der Waals surface area contributed by atoms with E-state index in [-0.39, 0.29) is 12.5 Å². The molecule has 0 N–H and O–H groups in total. The van der Waals surface area contributed by atoms with E-state index in [0.29, 0.717) is 12.5 Å². The molecule has 4 nitrogen and oxygen atoms in total. The van der Waals surface area contributed by atoms with Crippen molar-refractivity contribution in [1.29, 1.82) is 0 Å². The fourth-order valence-electron chi connectivity index (χ4n) is 0.914. The Hall–Kier alpha value is -1.59. The zero-order valence-corrected chi connectivity index (χ0v) is 7.90. The SMILES string of the molecule is C#CCN(CC(C)C)C(=O)C=[N+]=[N-]. The van der Waals surface area contributed by atoms with Crippen molar-refractivity contribution >= 4 is 12.1 Å². The van der Waals surface area contributed by atoms with E-state index in [2.05, 4.69) is 10.7 Å². The predicted molar refractivity (Wildman–Crippen MR) is 49.9 cm³/mol. The number of nitrogens with zero attached hydrogens (tertiary/aromatic N) is 3. The molecule has 0 rings (SSSR count). The molecule has 4 heteroatoms. The van der Waals surface area contributed by atoms with Gasteiger partial charge in [-0.05, 0) is 5.92 Å². The van der Waals surface area contributed by atoms with E-state index in [0.717, 1.165) is 6.21 Å². The third-order valence-corrected chi connectivity index (χ3v) is 1.35. The minimum Gasteiger partial charge on any atom is -0.361 e. The van der Waals surface area contributed by atoms with Gasteiger partial charge < -0.3 is 10.4 Å². The van der Waals surface area contributed by atoms with Gasteiger partial charge in [0.15, 0.2) is 0 Å². The molecule has 0 fully saturated rings. The first-order valence-electron chi connectivity index (χ1n) is 4.01. The quantitative estimate of drug-likeness (QED) is 0.267. The molecule has 0 bridgehead atoms. The lowest BCUT2D eigenvalue weighted by Crippen LogP contribution is -2.35. The molecular weight excluding hydrogens is 166 g/mol. The van der Waals surface area contributed by atoms with E-state index in [9.17, 15) is 4.79 Å². The van der Waals surface area contributed by atoms with Crippen molar-refractivity contribution in [2.75, 3.05) is 13.1 Å². The summed E-state index contributed by atoms with van der Waals surface area (Å²) in [5.41, 5.74) is 8.16. The molecule has 0 aliphatic carbocycles. The molecule has 0 aromatic rings. The van der Waals surface area contributed by atoms with Crippen LogP contribution in [0.25, 0.3) is 5.53 Å². The predicted octanol–water partition coefficient (Wildman–Crippen LogP) is 0.405. The van der Waals surface area contributed by atoms with Crippen molar-refractivity contribution in [2.45, 2.75) is 13.8 Å². The highest BCUT2D eigenvalue weighted by molar-refractivity contribution is 6.23. The molecule has 0 saturated carbocycles. The Labute approximate surface area is 78.2 Å². The third-order valence-electron chi connectivity index (χ3n) is 1.35. The van der Waals surface area contributed by atoms with Gasteiger partial charge in [-0.25, -0.2) is 0 Å². The Balaban J connectivity index is 4.33. The van der Waals surface area contributed by atoms with E-state index < -0.39 is 0 Å². The van der Waals surface area contributed by atoms with Crippen LogP contribution in [0.2, 0.25) is 0 Å². The molecule has 0 unspecified atom stereocenters. The topological polar surface area (TPSA) is 56.7 Å². The Morgan fingerprint density at radius 3 is 2.77 bits per heavy atom. The number of hydrogen-bond donors (Lipinski definition) is 0.